The summed E-state index contributed by atoms with van der Waals surface area (Å²) in [6, 6.07) is 3.16. The molecule has 3 fully saturated rings. The van der Waals surface area contributed by atoms with Crippen LogP contribution < -0.4 is 5.32 Å². The third-order valence-electron chi connectivity index (χ3n) is 5.68. The maximum atomic E-state index is 13.6. The van der Waals surface area contributed by atoms with Crippen molar-refractivity contribution in [3.63, 3.8) is 0 Å². The van der Waals surface area contributed by atoms with Gasteiger partial charge in [0.15, 0.2) is 0 Å². The highest BCUT2D eigenvalue weighted by atomic mass is 35.5. The Balaban J connectivity index is 1.42. The lowest BCUT2D eigenvalue weighted by molar-refractivity contribution is -0.0542. The molecule has 0 radical (unpaired) electrons. The number of ether oxygens (including phenoxy) is 2. The van der Waals surface area contributed by atoms with Gasteiger partial charge in [-0.3, -0.25) is 0 Å². The van der Waals surface area contributed by atoms with Crippen molar-refractivity contribution in [3.8, 4) is 11.3 Å². The van der Waals surface area contributed by atoms with Gasteiger partial charge in [-0.15, -0.1) is 0 Å². The standard InChI is InChI=1S/C20H21Cl2FN2O3/c21-16-3-11(23)4-17(22)18(16)19-15(20(28-25-19)10-1-2-10)9-27-14-5-12-7-26-8-13(6-14)24-12/h3-4,10,12-14,24H,1-2,5-9H2. The smallest absolute Gasteiger partial charge is 0.145 e. The van der Waals surface area contributed by atoms with E-state index in [9.17, 15) is 4.39 Å². The fourth-order valence-electron chi connectivity index (χ4n) is 4.22. The Morgan fingerprint density at radius 3 is 2.46 bits per heavy atom. The number of halogens is 3. The SMILES string of the molecule is Fc1cc(Cl)c(-c2noc(C3CC3)c2COC2CC3COCC(C2)N3)c(Cl)c1. The molecule has 3 heterocycles. The Hall–Kier alpha value is -1.18. The van der Waals surface area contributed by atoms with E-state index in [1.54, 1.807) is 0 Å². The Kier molecular flexibility index (Phi) is 5.09. The van der Waals surface area contributed by atoms with Crippen molar-refractivity contribution in [1.29, 1.82) is 0 Å². The fraction of sp³-hybridized carbons (Fsp3) is 0.550. The van der Waals surface area contributed by atoms with E-state index in [4.69, 9.17) is 37.2 Å². The van der Waals surface area contributed by atoms with Crippen molar-refractivity contribution in [1.82, 2.24) is 10.5 Å². The second-order valence-corrected chi connectivity index (χ2v) is 8.71. The summed E-state index contributed by atoms with van der Waals surface area (Å²) in [5.74, 6) is 0.716. The lowest BCUT2D eigenvalue weighted by Gasteiger charge is -2.39. The molecule has 28 heavy (non-hydrogen) atoms. The highest BCUT2D eigenvalue weighted by Crippen LogP contribution is 2.46. The Labute approximate surface area is 172 Å². The first-order chi connectivity index (χ1) is 13.6. The molecule has 2 unspecified atom stereocenters. The van der Waals surface area contributed by atoms with E-state index in [1.165, 1.54) is 12.1 Å². The molecule has 5 rings (SSSR count). The number of nitrogens with zero attached hydrogens (tertiary/aromatic N) is 1. The summed E-state index contributed by atoms with van der Waals surface area (Å²) in [6.07, 6.45) is 4.11. The van der Waals surface area contributed by atoms with Crippen LogP contribution in [-0.2, 0) is 16.1 Å². The average molecular weight is 427 g/mol. The van der Waals surface area contributed by atoms with Crippen molar-refractivity contribution < 1.29 is 18.4 Å². The number of fused-ring (bicyclic) bond motifs is 2. The van der Waals surface area contributed by atoms with Gasteiger partial charge < -0.3 is 19.3 Å². The van der Waals surface area contributed by atoms with Gasteiger partial charge in [-0.25, -0.2) is 4.39 Å². The molecule has 2 bridgehead atoms. The van der Waals surface area contributed by atoms with E-state index < -0.39 is 5.82 Å². The number of benzene rings is 1. The zero-order chi connectivity index (χ0) is 19.3. The monoisotopic (exact) mass is 426 g/mol. The molecule has 0 amide bonds. The predicted molar refractivity (Wildman–Crippen MR) is 103 cm³/mol. The summed E-state index contributed by atoms with van der Waals surface area (Å²) >= 11 is 12.6. The molecule has 2 saturated heterocycles. The van der Waals surface area contributed by atoms with Crippen LogP contribution in [0, 0.1) is 5.82 Å². The number of piperidine rings is 1. The highest BCUT2D eigenvalue weighted by Gasteiger charge is 2.36. The minimum atomic E-state index is -0.481. The summed E-state index contributed by atoms with van der Waals surface area (Å²) < 4.78 is 31.2. The Morgan fingerprint density at radius 2 is 1.82 bits per heavy atom. The topological polar surface area (TPSA) is 56.5 Å². The van der Waals surface area contributed by atoms with E-state index in [0.29, 0.717) is 35.9 Å². The van der Waals surface area contributed by atoms with Gasteiger partial charge >= 0.3 is 0 Å². The molecule has 1 saturated carbocycles. The molecule has 8 heteroatoms. The molecular formula is C20H21Cl2FN2O3. The van der Waals surface area contributed by atoms with Gasteiger partial charge in [-0.1, -0.05) is 28.4 Å². The summed E-state index contributed by atoms with van der Waals surface area (Å²) in [5, 5.41) is 8.24. The molecule has 1 N–H and O–H groups in total. The second-order valence-electron chi connectivity index (χ2n) is 7.90. The number of rotatable bonds is 5. The first kappa shape index (κ1) is 18.8. The van der Waals surface area contributed by atoms with Crippen LogP contribution >= 0.6 is 23.2 Å². The second kappa shape index (κ2) is 7.58. The van der Waals surface area contributed by atoms with Crippen molar-refractivity contribution in [2.24, 2.45) is 0 Å². The van der Waals surface area contributed by atoms with Gasteiger partial charge in [0.25, 0.3) is 0 Å². The van der Waals surface area contributed by atoms with Crippen LogP contribution in [-0.4, -0.2) is 36.6 Å². The van der Waals surface area contributed by atoms with Crippen molar-refractivity contribution in [2.45, 2.75) is 56.4 Å². The molecule has 2 aliphatic heterocycles. The molecular weight excluding hydrogens is 406 g/mol. The summed E-state index contributed by atoms with van der Waals surface area (Å²) in [7, 11) is 0. The highest BCUT2D eigenvalue weighted by molar-refractivity contribution is 6.39. The van der Waals surface area contributed by atoms with Crippen molar-refractivity contribution in [2.75, 3.05) is 13.2 Å². The van der Waals surface area contributed by atoms with E-state index in [2.05, 4.69) is 10.5 Å². The van der Waals surface area contributed by atoms with E-state index in [-0.39, 0.29) is 16.1 Å². The molecule has 1 aromatic carbocycles. The zero-order valence-corrected chi connectivity index (χ0v) is 16.7. The number of hydrogen-bond donors (Lipinski definition) is 1. The van der Waals surface area contributed by atoms with E-state index >= 15 is 0 Å². The van der Waals surface area contributed by atoms with Gasteiger partial charge in [-0.2, -0.15) is 0 Å². The summed E-state index contributed by atoms with van der Waals surface area (Å²) in [4.78, 5) is 0. The fourth-order valence-corrected chi connectivity index (χ4v) is 4.85. The average Bonchev–Trinajstić information content (AvgIpc) is 3.40. The lowest BCUT2D eigenvalue weighted by atomic mass is 9.94. The van der Waals surface area contributed by atoms with Crippen LogP contribution in [0.15, 0.2) is 16.7 Å². The van der Waals surface area contributed by atoms with Crippen LogP contribution in [0.1, 0.15) is 42.9 Å². The molecule has 1 aliphatic carbocycles. The zero-order valence-electron chi connectivity index (χ0n) is 15.2. The van der Waals surface area contributed by atoms with Crippen LogP contribution in [0.5, 0.6) is 0 Å². The van der Waals surface area contributed by atoms with E-state index in [1.807, 2.05) is 0 Å². The molecule has 0 spiro atoms. The van der Waals surface area contributed by atoms with Gasteiger partial charge in [0.05, 0.1) is 36.0 Å². The van der Waals surface area contributed by atoms with Gasteiger partial charge in [-0.05, 0) is 37.8 Å². The van der Waals surface area contributed by atoms with Gasteiger partial charge in [0, 0.05) is 29.1 Å². The molecule has 2 atom stereocenters. The first-order valence-electron chi connectivity index (χ1n) is 9.67. The van der Waals surface area contributed by atoms with Crippen molar-refractivity contribution in [3.05, 3.63) is 39.3 Å². The number of morpholine rings is 1. The number of nitrogens with one attached hydrogen (secondary N) is 1. The Morgan fingerprint density at radius 1 is 1.14 bits per heavy atom. The minimum Gasteiger partial charge on any atom is -0.378 e. The maximum absolute atomic E-state index is 13.6. The summed E-state index contributed by atoms with van der Waals surface area (Å²) in [6.45, 7) is 1.83. The molecule has 5 nitrogen and oxygen atoms in total. The van der Waals surface area contributed by atoms with Crippen LogP contribution in [0.25, 0.3) is 11.3 Å². The quantitative estimate of drug-likeness (QED) is 0.750. The summed E-state index contributed by atoms with van der Waals surface area (Å²) in [5.41, 5.74) is 1.92. The van der Waals surface area contributed by atoms with Crippen LogP contribution in [0.2, 0.25) is 10.0 Å². The maximum Gasteiger partial charge on any atom is 0.145 e. The Bertz CT molecular complexity index is 851. The first-order valence-corrected chi connectivity index (χ1v) is 10.4. The minimum absolute atomic E-state index is 0.147. The molecule has 2 aromatic rings. The molecule has 3 aliphatic rings. The molecule has 1 aromatic heterocycles. The largest absolute Gasteiger partial charge is 0.378 e. The van der Waals surface area contributed by atoms with Crippen molar-refractivity contribution >= 4 is 23.2 Å². The third-order valence-corrected chi connectivity index (χ3v) is 6.27. The normalized spacial score (nSPS) is 27.2. The number of aromatic nitrogens is 1. The van der Waals surface area contributed by atoms with Gasteiger partial charge in [0.1, 0.15) is 17.3 Å². The molecule has 150 valence electrons. The van der Waals surface area contributed by atoms with Crippen LogP contribution in [0.4, 0.5) is 4.39 Å². The lowest BCUT2D eigenvalue weighted by Crippen LogP contribution is -2.55. The number of hydrogen-bond acceptors (Lipinski definition) is 5. The van der Waals surface area contributed by atoms with Gasteiger partial charge in [0.2, 0.25) is 0 Å². The van der Waals surface area contributed by atoms with Crippen LogP contribution in [0.3, 0.4) is 0 Å². The third kappa shape index (κ3) is 3.68. The van der Waals surface area contributed by atoms with E-state index in [0.717, 1.165) is 50.2 Å². The predicted octanol–water partition coefficient (Wildman–Crippen LogP) is 4.70.